The maximum Gasteiger partial charge on any atom is 0.251 e. The summed E-state index contributed by atoms with van der Waals surface area (Å²) in [4.78, 5) is 13.3. The van der Waals surface area contributed by atoms with Gasteiger partial charge >= 0.3 is 0 Å². The first-order chi connectivity index (χ1) is 17.8. The van der Waals surface area contributed by atoms with E-state index < -0.39 is 5.82 Å². The number of benzene rings is 3. The van der Waals surface area contributed by atoms with Gasteiger partial charge in [0.1, 0.15) is 0 Å². The lowest BCUT2D eigenvalue weighted by molar-refractivity contribution is 0.0940. The van der Waals surface area contributed by atoms with E-state index in [0.29, 0.717) is 17.9 Å². The first-order valence-corrected chi connectivity index (χ1v) is 13.4. The molecule has 4 nitrogen and oxygen atoms in total. The molecule has 1 aromatic heterocycles. The van der Waals surface area contributed by atoms with Crippen molar-refractivity contribution in [2.75, 3.05) is 0 Å². The van der Waals surface area contributed by atoms with E-state index in [2.05, 4.69) is 75.7 Å². The summed E-state index contributed by atoms with van der Waals surface area (Å²) in [6, 6.07) is 18.7. The van der Waals surface area contributed by atoms with Crippen LogP contribution < -0.4 is 5.32 Å². The minimum absolute atomic E-state index is 0.0827. The van der Waals surface area contributed by atoms with Gasteiger partial charge in [-0.15, -0.1) is 0 Å². The second-order valence-electron chi connectivity index (χ2n) is 11.8. The number of nitrogens with one attached hydrogen (secondary N) is 1. The Bertz CT molecular complexity index is 1460. The van der Waals surface area contributed by atoms with Gasteiger partial charge in [0.15, 0.2) is 11.6 Å². The molecule has 1 heterocycles. The first kappa shape index (κ1) is 27.4. The smallest absolute Gasteiger partial charge is 0.251 e. The lowest BCUT2D eigenvalue weighted by Crippen LogP contribution is -2.26. The van der Waals surface area contributed by atoms with E-state index in [0.717, 1.165) is 39.8 Å². The Hall–Kier alpha value is -3.60. The molecule has 38 heavy (non-hydrogen) atoms. The predicted molar refractivity (Wildman–Crippen MR) is 153 cm³/mol. The number of carbonyl (C=O) groups excluding carboxylic acids is 1. The number of carbonyl (C=O) groups is 1. The summed E-state index contributed by atoms with van der Waals surface area (Å²) < 4.78 is 15.9. The van der Waals surface area contributed by atoms with Gasteiger partial charge in [-0.25, -0.2) is 4.39 Å². The molecule has 0 aliphatic carbocycles. The Balaban J connectivity index is 1.64. The van der Waals surface area contributed by atoms with Crippen LogP contribution in [0.3, 0.4) is 0 Å². The summed E-state index contributed by atoms with van der Waals surface area (Å²) in [5.41, 5.74) is 7.10. The fourth-order valence-electron chi connectivity index (χ4n) is 5.02. The van der Waals surface area contributed by atoms with Gasteiger partial charge in [-0.05, 0) is 78.1 Å². The van der Waals surface area contributed by atoms with Crippen LogP contribution in [-0.4, -0.2) is 15.6 Å². The number of rotatable bonds is 7. The summed E-state index contributed by atoms with van der Waals surface area (Å²) in [5.74, 6) is -0.658. The molecule has 5 heteroatoms. The molecular formula is C33H39FN2O2. The molecule has 0 aliphatic heterocycles. The molecule has 0 radical (unpaired) electrons. The molecule has 0 aliphatic rings. The Morgan fingerprint density at radius 2 is 1.68 bits per heavy atom. The van der Waals surface area contributed by atoms with Crippen molar-refractivity contribution in [3.05, 3.63) is 100.0 Å². The topological polar surface area (TPSA) is 54.3 Å². The molecule has 0 bridgehead atoms. The molecule has 1 amide bonds. The van der Waals surface area contributed by atoms with Crippen LogP contribution in [0.15, 0.2) is 60.7 Å². The zero-order chi connectivity index (χ0) is 27.8. The average Bonchev–Trinajstić information content (AvgIpc) is 3.10. The number of hydrogen-bond acceptors (Lipinski definition) is 2. The molecule has 0 spiro atoms. The van der Waals surface area contributed by atoms with Gasteiger partial charge < -0.3 is 15.0 Å². The Morgan fingerprint density at radius 3 is 2.29 bits per heavy atom. The Kier molecular flexibility index (Phi) is 7.68. The largest absolute Gasteiger partial charge is 0.505 e. The summed E-state index contributed by atoms with van der Waals surface area (Å²) in [5, 5.41) is 14.1. The maximum absolute atomic E-state index is 13.6. The fourth-order valence-corrected chi connectivity index (χ4v) is 5.02. The van der Waals surface area contributed by atoms with Crippen LogP contribution in [0.25, 0.3) is 10.9 Å². The number of amides is 1. The molecule has 0 unspecified atom stereocenters. The summed E-state index contributed by atoms with van der Waals surface area (Å²) in [7, 11) is 0. The van der Waals surface area contributed by atoms with E-state index >= 15 is 0 Å². The minimum Gasteiger partial charge on any atom is -0.505 e. The normalized spacial score (nSPS) is 12.8. The quantitative estimate of drug-likeness (QED) is 0.264. The van der Waals surface area contributed by atoms with Crippen LogP contribution in [0.5, 0.6) is 5.75 Å². The fraction of sp³-hybridized carbons (Fsp3) is 0.364. The number of fused-ring (bicyclic) bond motifs is 1. The molecular weight excluding hydrogens is 475 g/mol. The number of aromatic nitrogens is 1. The van der Waals surface area contributed by atoms with Gasteiger partial charge in [0.05, 0.1) is 6.04 Å². The number of aromatic hydroxyl groups is 1. The summed E-state index contributed by atoms with van der Waals surface area (Å²) >= 11 is 0. The molecule has 0 fully saturated rings. The van der Waals surface area contributed by atoms with E-state index in [1.807, 2.05) is 25.1 Å². The molecule has 4 rings (SSSR count). The van der Waals surface area contributed by atoms with Crippen LogP contribution in [0.4, 0.5) is 4.39 Å². The van der Waals surface area contributed by atoms with Crippen molar-refractivity contribution >= 4 is 16.8 Å². The highest BCUT2D eigenvalue weighted by Gasteiger charge is 2.19. The van der Waals surface area contributed by atoms with Crippen LogP contribution in [0.2, 0.25) is 0 Å². The van der Waals surface area contributed by atoms with Crippen molar-refractivity contribution in [1.82, 2.24) is 9.88 Å². The maximum atomic E-state index is 13.6. The SMILES string of the molecule is Cc1c(Cc2ccc(F)c(O)c2)c2ccc(C(=O)N[C@@H](C)c3ccc(C(C)(C)C)cc3)cc2n1CC(C)C. The molecule has 2 N–H and O–H groups in total. The molecule has 4 aromatic rings. The third-order valence-electron chi connectivity index (χ3n) is 7.28. The van der Waals surface area contributed by atoms with Gasteiger partial charge in [0.25, 0.3) is 5.91 Å². The van der Waals surface area contributed by atoms with Crippen molar-refractivity contribution < 1.29 is 14.3 Å². The van der Waals surface area contributed by atoms with E-state index in [-0.39, 0.29) is 23.1 Å². The lowest BCUT2D eigenvalue weighted by Gasteiger charge is -2.21. The first-order valence-electron chi connectivity index (χ1n) is 13.4. The van der Waals surface area contributed by atoms with Crippen LogP contribution in [0, 0.1) is 18.7 Å². The van der Waals surface area contributed by atoms with Gasteiger partial charge in [-0.1, -0.05) is 71.0 Å². The average molecular weight is 515 g/mol. The van der Waals surface area contributed by atoms with E-state index in [1.165, 1.54) is 17.7 Å². The zero-order valence-electron chi connectivity index (χ0n) is 23.5. The molecule has 0 saturated heterocycles. The third-order valence-corrected chi connectivity index (χ3v) is 7.28. The monoisotopic (exact) mass is 514 g/mol. The number of phenolic OH excluding ortho intramolecular Hbond substituents is 1. The predicted octanol–water partition coefficient (Wildman–Crippen LogP) is 7.83. The zero-order valence-corrected chi connectivity index (χ0v) is 23.5. The van der Waals surface area contributed by atoms with Crippen LogP contribution >= 0.6 is 0 Å². The highest BCUT2D eigenvalue weighted by atomic mass is 19.1. The number of halogens is 1. The van der Waals surface area contributed by atoms with E-state index in [4.69, 9.17) is 0 Å². The third kappa shape index (κ3) is 5.77. The summed E-state index contributed by atoms with van der Waals surface area (Å²) in [6.07, 6.45) is 0.564. The van der Waals surface area contributed by atoms with Crippen LogP contribution in [0.1, 0.15) is 85.9 Å². The molecule has 200 valence electrons. The van der Waals surface area contributed by atoms with Gasteiger partial charge in [0, 0.05) is 28.7 Å². The second kappa shape index (κ2) is 10.6. The van der Waals surface area contributed by atoms with E-state index in [9.17, 15) is 14.3 Å². The van der Waals surface area contributed by atoms with Gasteiger partial charge in [0.2, 0.25) is 0 Å². The number of nitrogens with zero attached hydrogens (tertiary/aromatic N) is 1. The molecule has 3 aromatic carbocycles. The van der Waals surface area contributed by atoms with Crippen LogP contribution in [-0.2, 0) is 18.4 Å². The minimum atomic E-state index is -0.622. The van der Waals surface area contributed by atoms with Gasteiger partial charge in [-0.2, -0.15) is 0 Å². The van der Waals surface area contributed by atoms with Crippen molar-refractivity contribution in [1.29, 1.82) is 0 Å². The Labute approximate surface area is 225 Å². The van der Waals surface area contributed by atoms with Gasteiger partial charge in [-0.3, -0.25) is 4.79 Å². The lowest BCUT2D eigenvalue weighted by atomic mass is 9.86. The summed E-state index contributed by atoms with van der Waals surface area (Å²) in [6.45, 7) is 15.8. The standard InChI is InChI=1S/C33H39FN2O2/c1-20(2)19-36-22(4)28(16-23-8-15-29(34)31(37)17-23)27-14-11-25(18-30(27)36)32(38)35-21(3)24-9-12-26(13-10-24)33(5,6)7/h8-15,17-18,20-21,37H,16,19H2,1-7H3,(H,35,38)/t21-/m0/s1. The highest BCUT2D eigenvalue weighted by molar-refractivity contribution is 5.99. The van der Waals surface area contributed by atoms with Crippen molar-refractivity contribution in [2.45, 2.75) is 72.9 Å². The Morgan fingerprint density at radius 1 is 1.00 bits per heavy atom. The van der Waals surface area contributed by atoms with Crippen molar-refractivity contribution in [3.8, 4) is 5.75 Å². The highest BCUT2D eigenvalue weighted by Crippen LogP contribution is 2.31. The molecule has 1 atom stereocenters. The number of phenols is 1. The van der Waals surface area contributed by atoms with E-state index in [1.54, 1.807) is 6.07 Å². The molecule has 0 saturated carbocycles. The van der Waals surface area contributed by atoms with Crippen molar-refractivity contribution in [3.63, 3.8) is 0 Å². The number of hydrogen-bond donors (Lipinski definition) is 2. The van der Waals surface area contributed by atoms with Crippen molar-refractivity contribution in [2.24, 2.45) is 5.92 Å². The second-order valence-corrected chi connectivity index (χ2v) is 11.8.